The molecule has 0 heterocycles. The predicted molar refractivity (Wildman–Crippen MR) is 76.9 cm³/mol. The van der Waals surface area contributed by atoms with Crippen molar-refractivity contribution in [3.63, 3.8) is 0 Å². The molecule has 0 saturated heterocycles. The van der Waals surface area contributed by atoms with Crippen molar-refractivity contribution in [2.45, 2.75) is 13.2 Å². The van der Waals surface area contributed by atoms with Crippen molar-refractivity contribution in [1.82, 2.24) is 5.32 Å². The minimum absolute atomic E-state index is 0.282. The number of carboxylic acid groups (broad SMARTS) is 1. The molecule has 0 radical (unpaired) electrons. The lowest BCUT2D eigenvalue weighted by Crippen LogP contribution is -2.05. The molecule has 2 aromatic rings. The van der Waals surface area contributed by atoms with Gasteiger partial charge in [-0.2, -0.15) is 0 Å². The lowest BCUT2D eigenvalue weighted by atomic mass is 10.1. The number of hydrogen-bond donors (Lipinski definition) is 2. The molecule has 104 valence electrons. The zero-order valence-corrected chi connectivity index (χ0v) is 11.3. The Hall–Kier alpha value is -2.33. The Balaban J connectivity index is 1.97. The first-order valence-electron chi connectivity index (χ1n) is 6.37. The van der Waals surface area contributed by atoms with E-state index in [1.807, 2.05) is 31.3 Å². The van der Waals surface area contributed by atoms with Crippen LogP contribution in [0.15, 0.2) is 48.5 Å². The molecule has 4 nitrogen and oxygen atoms in total. The van der Waals surface area contributed by atoms with E-state index in [9.17, 15) is 4.79 Å². The fourth-order valence-electron chi connectivity index (χ4n) is 1.86. The SMILES string of the molecule is CNCc1cccc(OCc2ccc(C(=O)O)cc2)c1. The molecule has 0 atom stereocenters. The van der Waals surface area contributed by atoms with Gasteiger partial charge in [-0.1, -0.05) is 24.3 Å². The van der Waals surface area contributed by atoms with Crippen molar-refractivity contribution >= 4 is 5.97 Å². The highest BCUT2D eigenvalue weighted by molar-refractivity contribution is 5.87. The van der Waals surface area contributed by atoms with Crippen LogP contribution in [0.4, 0.5) is 0 Å². The summed E-state index contributed by atoms with van der Waals surface area (Å²) in [6.07, 6.45) is 0. The van der Waals surface area contributed by atoms with E-state index in [0.29, 0.717) is 6.61 Å². The van der Waals surface area contributed by atoms with E-state index in [-0.39, 0.29) is 5.56 Å². The van der Waals surface area contributed by atoms with Crippen molar-refractivity contribution in [2.24, 2.45) is 0 Å². The Labute approximate surface area is 118 Å². The number of carboxylic acids is 1. The molecule has 2 rings (SSSR count). The van der Waals surface area contributed by atoms with Crippen LogP contribution < -0.4 is 10.1 Å². The average Bonchev–Trinajstić information content (AvgIpc) is 2.46. The molecule has 0 saturated carbocycles. The van der Waals surface area contributed by atoms with Gasteiger partial charge in [0.2, 0.25) is 0 Å². The van der Waals surface area contributed by atoms with Crippen LogP contribution in [0.25, 0.3) is 0 Å². The Kier molecular flexibility index (Phi) is 4.74. The highest BCUT2D eigenvalue weighted by atomic mass is 16.5. The third-order valence-corrected chi connectivity index (χ3v) is 2.89. The predicted octanol–water partition coefficient (Wildman–Crippen LogP) is 2.68. The quantitative estimate of drug-likeness (QED) is 0.848. The summed E-state index contributed by atoms with van der Waals surface area (Å²) < 4.78 is 5.70. The molecule has 0 fully saturated rings. The molecular formula is C16H17NO3. The molecule has 0 spiro atoms. The van der Waals surface area contributed by atoms with E-state index in [4.69, 9.17) is 9.84 Å². The Morgan fingerprint density at radius 1 is 1.15 bits per heavy atom. The van der Waals surface area contributed by atoms with E-state index in [1.54, 1.807) is 24.3 Å². The van der Waals surface area contributed by atoms with Gasteiger partial charge in [-0.25, -0.2) is 4.79 Å². The summed E-state index contributed by atoms with van der Waals surface area (Å²) in [5.41, 5.74) is 2.38. The van der Waals surface area contributed by atoms with Crippen LogP contribution in [0, 0.1) is 0 Å². The molecule has 0 unspecified atom stereocenters. The fourth-order valence-corrected chi connectivity index (χ4v) is 1.86. The van der Waals surface area contributed by atoms with Gasteiger partial charge in [0.15, 0.2) is 0 Å². The minimum Gasteiger partial charge on any atom is -0.489 e. The zero-order chi connectivity index (χ0) is 14.4. The number of ether oxygens (including phenoxy) is 1. The van der Waals surface area contributed by atoms with Crippen molar-refractivity contribution in [2.75, 3.05) is 7.05 Å². The first-order chi connectivity index (χ1) is 9.69. The second kappa shape index (κ2) is 6.73. The van der Waals surface area contributed by atoms with Crippen molar-refractivity contribution in [3.05, 3.63) is 65.2 Å². The van der Waals surface area contributed by atoms with Crippen LogP contribution in [0.3, 0.4) is 0 Å². The standard InChI is InChI=1S/C16H17NO3/c1-17-10-13-3-2-4-15(9-13)20-11-12-5-7-14(8-6-12)16(18)19/h2-9,17H,10-11H2,1H3,(H,18,19). The van der Waals surface area contributed by atoms with Crippen LogP contribution in [-0.2, 0) is 13.2 Å². The molecule has 2 aromatic carbocycles. The zero-order valence-electron chi connectivity index (χ0n) is 11.3. The molecule has 0 aliphatic heterocycles. The van der Waals surface area contributed by atoms with Gasteiger partial charge in [0.05, 0.1) is 5.56 Å². The molecule has 0 amide bonds. The van der Waals surface area contributed by atoms with Gasteiger partial charge in [-0.15, -0.1) is 0 Å². The topological polar surface area (TPSA) is 58.6 Å². The van der Waals surface area contributed by atoms with E-state index in [1.165, 1.54) is 0 Å². The molecule has 2 N–H and O–H groups in total. The maximum Gasteiger partial charge on any atom is 0.335 e. The van der Waals surface area contributed by atoms with Crippen LogP contribution in [0.5, 0.6) is 5.75 Å². The average molecular weight is 271 g/mol. The van der Waals surface area contributed by atoms with Gasteiger partial charge in [-0.3, -0.25) is 0 Å². The lowest BCUT2D eigenvalue weighted by Gasteiger charge is -2.08. The van der Waals surface area contributed by atoms with Gasteiger partial charge in [-0.05, 0) is 42.4 Å². The molecule has 0 aromatic heterocycles. The number of carbonyl (C=O) groups is 1. The second-order valence-corrected chi connectivity index (χ2v) is 4.47. The molecule has 0 bridgehead atoms. The van der Waals surface area contributed by atoms with Gasteiger partial charge >= 0.3 is 5.97 Å². The third-order valence-electron chi connectivity index (χ3n) is 2.89. The number of nitrogens with one attached hydrogen (secondary N) is 1. The minimum atomic E-state index is -0.919. The van der Waals surface area contributed by atoms with Gasteiger partial charge in [0, 0.05) is 6.54 Å². The normalized spacial score (nSPS) is 10.2. The highest BCUT2D eigenvalue weighted by Crippen LogP contribution is 2.15. The number of rotatable bonds is 6. The summed E-state index contributed by atoms with van der Waals surface area (Å²) in [4.78, 5) is 10.8. The molecule has 0 aliphatic rings. The first-order valence-corrected chi connectivity index (χ1v) is 6.37. The monoisotopic (exact) mass is 271 g/mol. The van der Waals surface area contributed by atoms with Gasteiger partial charge in [0.25, 0.3) is 0 Å². The fraction of sp³-hybridized carbons (Fsp3) is 0.188. The van der Waals surface area contributed by atoms with Crippen molar-refractivity contribution in [3.8, 4) is 5.75 Å². The number of aromatic carboxylic acids is 1. The lowest BCUT2D eigenvalue weighted by molar-refractivity contribution is 0.0697. The molecule has 20 heavy (non-hydrogen) atoms. The molecule has 4 heteroatoms. The first kappa shape index (κ1) is 14.1. The number of hydrogen-bond acceptors (Lipinski definition) is 3. The summed E-state index contributed by atoms with van der Waals surface area (Å²) in [5, 5.41) is 11.9. The summed E-state index contributed by atoms with van der Waals surface area (Å²) in [7, 11) is 1.90. The van der Waals surface area contributed by atoms with Gasteiger partial charge < -0.3 is 15.2 Å². The van der Waals surface area contributed by atoms with E-state index in [0.717, 1.165) is 23.4 Å². The van der Waals surface area contributed by atoms with E-state index >= 15 is 0 Å². The van der Waals surface area contributed by atoms with Crippen LogP contribution in [-0.4, -0.2) is 18.1 Å². The Bertz CT molecular complexity index is 579. The van der Waals surface area contributed by atoms with E-state index in [2.05, 4.69) is 5.32 Å². The maximum absolute atomic E-state index is 10.8. The largest absolute Gasteiger partial charge is 0.489 e. The van der Waals surface area contributed by atoms with E-state index < -0.39 is 5.97 Å². The maximum atomic E-state index is 10.8. The second-order valence-electron chi connectivity index (χ2n) is 4.47. The highest BCUT2D eigenvalue weighted by Gasteiger charge is 2.02. The third kappa shape index (κ3) is 3.83. The van der Waals surface area contributed by atoms with Crippen LogP contribution in [0.1, 0.15) is 21.5 Å². The number of benzene rings is 2. The van der Waals surface area contributed by atoms with Gasteiger partial charge in [0.1, 0.15) is 12.4 Å². The van der Waals surface area contributed by atoms with Crippen LogP contribution >= 0.6 is 0 Å². The Morgan fingerprint density at radius 2 is 1.90 bits per heavy atom. The summed E-state index contributed by atoms with van der Waals surface area (Å²) in [5.74, 6) is -0.114. The summed E-state index contributed by atoms with van der Waals surface area (Å²) in [6, 6.07) is 14.6. The van der Waals surface area contributed by atoms with Crippen molar-refractivity contribution in [1.29, 1.82) is 0 Å². The van der Waals surface area contributed by atoms with Crippen LogP contribution in [0.2, 0.25) is 0 Å². The van der Waals surface area contributed by atoms with Crippen molar-refractivity contribution < 1.29 is 14.6 Å². The molecular weight excluding hydrogens is 254 g/mol. The Morgan fingerprint density at radius 3 is 2.55 bits per heavy atom. The summed E-state index contributed by atoms with van der Waals surface area (Å²) in [6.45, 7) is 1.22. The summed E-state index contributed by atoms with van der Waals surface area (Å²) >= 11 is 0. The smallest absolute Gasteiger partial charge is 0.335 e. The molecule has 0 aliphatic carbocycles.